The molecule has 0 atom stereocenters. The van der Waals surface area contributed by atoms with Crippen LogP contribution in [0.5, 0.6) is 0 Å². The molecule has 3 aromatic carbocycles. The van der Waals surface area contributed by atoms with Crippen LogP contribution in [0.4, 0.5) is 5.82 Å². The second-order valence-electron chi connectivity index (χ2n) is 7.54. The monoisotopic (exact) mass is 441 g/mol. The Balaban J connectivity index is 1.69. The molecule has 0 saturated heterocycles. The van der Waals surface area contributed by atoms with E-state index in [2.05, 4.69) is 5.32 Å². The van der Waals surface area contributed by atoms with E-state index in [0.717, 1.165) is 22.3 Å². The minimum absolute atomic E-state index is 0.274. The van der Waals surface area contributed by atoms with Gasteiger partial charge < -0.3 is 11.1 Å². The SMILES string of the molecule is Cc1ccccc1-n1c(N)c(C(=O)NCc2ccccc2Cl)c2nc3ccccc3nc21. The van der Waals surface area contributed by atoms with Crippen molar-refractivity contribution in [2.45, 2.75) is 13.5 Å². The number of aryl methyl sites for hydroxylation is 1. The average molecular weight is 442 g/mol. The van der Waals surface area contributed by atoms with Gasteiger partial charge in [0.2, 0.25) is 0 Å². The van der Waals surface area contributed by atoms with Crippen LogP contribution in [0.25, 0.3) is 27.9 Å². The van der Waals surface area contributed by atoms with Gasteiger partial charge in [0.1, 0.15) is 16.9 Å². The molecule has 0 fully saturated rings. The fraction of sp³-hybridized carbons (Fsp3) is 0.0800. The van der Waals surface area contributed by atoms with Crippen molar-refractivity contribution >= 4 is 45.5 Å². The smallest absolute Gasteiger partial charge is 0.257 e. The Kier molecular flexibility index (Phi) is 4.99. The summed E-state index contributed by atoms with van der Waals surface area (Å²) in [6, 6.07) is 22.8. The fourth-order valence-electron chi connectivity index (χ4n) is 3.85. The first-order valence-electron chi connectivity index (χ1n) is 10.2. The lowest BCUT2D eigenvalue weighted by Gasteiger charge is -2.11. The van der Waals surface area contributed by atoms with Gasteiger partial charge in [-0.3, -0.25) is 9.36 Å². The van der Waals surface area contributed by atoms with E-state index >= 15 is 0 Å². The van der Waals surface area contributed by atoms with Crippen molar-refractivity contribution in [2.75, 3.05) is 5.73 Å². The second-order valence-corrected chi connectivity index (χ2v) is 7.95. The first kappa shape index (κ1) is 20.0. The Morgan fingerprint density at radius 3 is 2.38 bits per heavy atom. The molecule has 158 valence electrons. The zero-order valence-corrected chi connectivity index (χ0v) is 18.1. The lowest BCUT2D eigenvalue weighted by Crippen LogP contribution is -2.24. The molecule has 0 unspecified atom stereocenters. The predicted molar refractivity (Wildman–Crippen MR) is 128 cm³/mol. The zero-order chi connectivity index (χ0) is 22.2. The number of amides is 1. The van der Waals surface area contributed by atoms with Crippen molar-refractivity contribution in [1.29, 1.82) is 0 Å². The van der Waals surface area contributed by atoms with Crippen LogP contribution >= 0.6 is 11.6 Å². The molecule has 5 rings (SSSR count). The summed E-state index contributed by atoms with van der Waals surface area (Å²) in [5.41, 5.74) is 12.0. The number of hydrogen-bond donors (Lipinski definition) is 2. The highest BCUT2D eigenvalue weighted by molar-refractivity contribution is 6.31. The van der Waals surface area contributed by atoms with E-state index in [0.29, 0.717) is 33.1 Å². The van der Waals surface area contributed by atoms with E-state index in [1.54, 1.807) is 10.6 Å². The third kappa shape index (κ3) is 3.35. The maximum absolute atomic E-state index is 13.3. The predicted octanol–water partition coefficient (Wildman–Crippen LogP) is 5.05. The Hall–Kier alpha value is -3.90. The van der Waals surface area contributed by atoms with Crippen molar-refractivity contribution in [2.24, 2.45) is 0 Å². The van der Waals surface area contributed by atoms with Gasteiger partial charge in [0.15, 0.2) is 5.65 Å². The molecule has 1 amide bonds. The Bertz CT molecular complexity index is 1490. The number of rotatable bonds is 4. The molecule has 0 radical (unpaired) electrons. The molecule has 3 N–H and O–H groups in total. The van der Waals surface area contributed by atoms with Crippen LogP contribution in [0.15, 0.2) is 72.8 Å². The molecule has 0 bridgehead atoms. The molecule has 0 aliphatic rings. The van der Waals surface area contributed by atoms with Gasteiger partial charge in [-0.1, -0.05) is 60.1 Å². The Morgan fingerprint density at radius 1 is 0.969 bits per heavy atom. The highest BCUT2D eigenvalue weighted by Crippen LogP contribution is 2.32. The summed E-state index contributed by atoms with van der Waals surface area (Å²) in [6.45, 7) is 2.27. The molecule has 0 aliphatic carbocycles. The van der Waals surface area contributed by atoms with E-state index in [1.807, 2.05) is 73.7 Å². The van der Waals surface area contributed by atoms with E-state index in [-0.39, 0.29) is 12.5 Å². The molecule has 32 heavy (non-hydrogen) atoms. The first-order valence-corrected chi connectivity index (χ1v) is 10.6. The van der Waals surface area contributed by atoms with Crippen LogP contribution in [-0.2, 0) is 6.54 Å². The topological polar surface area (TPSA) is 85.8 Å². The number of nitrogens with one attached hydrogen (secondary N) is 1. The molecular weight excluding hydrogens is 422 g/mol. The summed E-state index contributed by atoms with van der Waals surface area (Å²) in [5, 5.41) is 3.52. The van der Waals surface area contributed by atoms with Crippen LogP contribution in [0.2, 0.25) is 5.02 Å². The van der Waals surface area contributed by atoms with Gasteiger partial charge in [-0.25, -0.2) is 9.97 Å². The molecular formula is C25H20ClN5O. The Morgan fingerprint density at radius 2 is 1.62 bits per heavy atom. The van der Waals surface area contributed by atoms with Crippen LogP contribution < -0.4 is 11.1 Å². The van der Waals surface area contributed by atoms with Gasteiger partial charge >= 0.3 is 0 Å². The summed E-state index contributed by atoms with van der Waals surface area (Å²) in [4.78, 5) is 22.9. The standard InChI is InChI=1S/C25H20ClN5O/c1-15-8-2-7-13-20(15)31-23(27)21(25(32)28-14-16-9-3-4-10-17(16)26)22-24(31)30-19-12-6-5-11-18(19)29-22/h2-13H,14,27H2,1H3,(H,28,32). The van der Waals surface area contributed by atoms with Crippen LogP contribution in [-0.4, -0.2) is 20.4 Å². The molecule has 2 heterocycles. The van der Waals surface area contributed by atoms with Crippen molar-refractivity contribution < 1.29 is 4.79 Å². The van der Waals surface area contributed by atoms with E-state index in [1.165, 1.54) is 0 Å². The molecule has 0 spiro atoms. The van der Waals surface area contributed by atoms with Crippen molar-refractivity contribution in [3.8, 4) is 5.69 Å². The minimum Gasteiger partial charge on any atom is -0.384 e. The number of nitrogens with two attached hydrogens (primary N) is 1. The third-order valence-electron chi connectivity index (χ3n) is 5.48. The lowest BCUT2D eigenvalue weighted by molar-refractivity contribution is 0.0953. The summed E-state index contributed by atoms with van der Waals surface area (Å²) < 4.78 is 1.80. The Labute approximate surface area is 189 Å². The highest BCUT2D eigenvalue weighted by Gasteiger charge is 2.25. The minimum atomic E-state index is -0.329. The number of nitrogens with zero attached hydrogens (tertiary/aromatic N) is 3. The van der Waals surface area contributed by atoms with Crippen LogP contribution in [0.3, 0.4) is 0 Å². The van der Waals surface area contributed by atoms with Gasteiger partial charge in [0.25, 0.3) is 5.91 Å². The number of nitrogen functional groups attached to an aromatic ring is 1. The van der Waals surface area contributed by atoms with Gasteiger partial charge in [-0.2, -0.15) is 0 Å². The molecule has 0 saturated carbocycles. The molecule has 5 aromatic rings. The number of hydrogen-bond acceptors (Lipinski definition) is 4. The molecule has 6 nitrogen and oxygen atoms in total. The van der Waals surface area contributed by atoms with Crippen molar-refractivity contribution in [3.63, 3.8) is 0 Å². The number of para-hydroxylation sites is 3. The van der Waals surface area contributed by atoms with Gasteiger partial charge in [0.05, 0.1) is 16.7 Å². The number of fused-ring (bicyclic) bond motifs is 2. The number of halogens is 1. The number of benzene rings is 3. The maximum Gasteiger partial charge on any atom is 0.257 e. The second kappa shape index (κ2) is 7.98. The van der Waals surface area contributed by atoms with Crippen molar-refractivity contribution in [3.05, 3.63) is 94.5 Å². The van der Waals surface area contributed by atoms with Gasteiger partial charge in [-0.15, -0.1) is 0 Å². The fourth-order valence-corrected chi connectivity index (χ4v) is 4.05. The summed E-state index contributed by atoms with van der Waals surface area (Å²) in [5.74, 6) is -0.0365. The lowest BCUT2D eigenvalue weighted by atomic mass is 10.2. The number of carbonyl (C=O) groups excluding carboxylic acids is 1. The number of carbonyl (C=O) groups is 1. The van der Waals surface area contributed by atoms with Crippen molar-refractivity contribution in [1.82, 2.24) is 19.9 Å². The molecule has 7 heteroatoms. The van der Waals surface area contributed by atoms with Crippen LogP contribution in [0.1, 0.15) is 21.5 Å². The quantitative estimate of drug-likeness (QED) is 0.408. The third-order valence-corrected chi connectivity index (χ3v) is 5.85. The van der Waals surface area contributed by atoms with E-state index < -0.39 is 0 Å². The summed E-state index contributed by atoms with van der Waals surface area (Å²) >= 11 is 6.24. The molecule has 2 aromatic heterocycles. The maximum atomic E-state index is 13.3. The summed E-state index contributed by atoms with van der Waals surface area (Å²) in [7, 11) is 0. The highest BCUT2D eigenvalue weighted by atomic mass is 35.5. The van der Waals surface area contributed by atoms with E-state index in [9.17, 15) is 4.79 Å². The average Bonchev–Trinajstić information content (AvgIpc) is 3.08. The first-order chi connectivity index (χ1) is 15.5. The number of anilines is 1. The normalized spacial score (nSPS) is 11.2. The molecule has 0 aliphatic heterocycles. The number of aromatic nitrogens is 3. The van der Waals surface area contributed by atoms with E-state index in [4.69, 9.17) is 27.3 Å². The van der Waals surface area contributed by atoms with Gasteiger partial charge in [0, 0.05) is 11.6 Å². The van der Waals surface area contributed by atoms with Gasteiger partial charge in [-0.05, 0) is 42.3 Å². The van der Waals surface area contributed by atoms with Crippen LogP contribution in [0, 0.1) is 6.92 Å². The summed E-state index contributed by atoms with van der Waals surface area (Å²) in [6.07, 6.45) is 0. The largest absolute Gasteiger partial charge is 0.384 e. The zero-order valence-electron chi connectivity index (χ0n) is 17.3.